The highest BCUT2D eigenvalue weighted by Gasteiger charge is 2.38. The molecule has 0 radical (unpaired) electrons. The van der Waals surface area contributed by atoms with E-state index in [1.807, 2.05) is 0 Å². The van der Waals surface area contributed by atoms with Crippen molar-refractivity contribution in [2.45, 2.75) is 44.5 Å². The molecule has 0 bridgehead atoms. The van der Waals surface area contributed by atoms with Crippen LogP contribution in [-0.2, 0) is 25.1 Å². The minimum absolute atomic E-state index is 0.00872. The average molecular weight is 574 g/mol. The van der Waals surface area contributed by atoms with Gasteiger partial charge in [-0.15, -0.1) is 0 Å². The minimum atomic E-state index is -5.05. The average Bonchev–Trinajstić information content (AvgIpc) is 2.90. The maximum atomic E-state index is 13.2. The van der Waals surface area contributed by atoms with Crippen LogP contribution in [0.4, 0.5) is 39.5 Å². The fourth-order valence-corrected chi connectivity index (χ4v) is 3.65. The van der Waals surface area contributed by atoms with Gasteiger partial charge in [-0.1, -0.05) is 0 Å². The zero-order valence-electron chi connectivity index (χ0n) is 15.7. The zero-order valence-corrected chi connectivity index (χ0v) is 17.8. The predicted molar refractivity (Wildman–Crippen MR) is 101 cm³/mol. The van der Waals surface area contributed by atoms with Gasteiger partial charge in [-0.2, -0.15) is 39.5 Å². The summed E-state index contributed by atoms with van der Waals surface area (Å²) >= 11 is 1.55. The normalized spacial score (nSPS) is 14.2. The van der Waals surface area contributed by atoms with Crippen LogP contribution in [0.2, 0.25) is 0 Å². The first-order chi connectivity index (χ1) is 14.0. The van der Waals surface area contributed by atoms with E-state index in [0.717, 1.165) is 0 Å². The van der Waals surface area contributed by atoms with Crippen molar-refractivity contribution in [1.29, 1.82) is 0 Å². The number of halogens is 10. The number of H-pyrrole nitrogens is 1. The molecule has 0 amide bonds. The summed E-state index contributed by atoms with van der Waals surface area (Å²) in [5.41, 5.74) is -4.43. The summed E-state index contributed by atoms with van der Waals surface area (Å²) in [6.07, 6.45) is -16.7. The topological polar surface area (TPSA) is 48.0 Å². The van der Waals surface area contributed by atoms with Crippen molar-refractivity contribution >= 4 is 22.6 Å². The van der Waals surface area contributed by atoms with Gasteiger partial charge in [0.2, 0.25) is 0 Å². The molecular formula is C18H16F9IN2O. The third-order valence-electron chi connectivity index (χ3n) is 4.36. The number of hydrogen-bond donors (Lipinski definition) is 3. The van der Waals surface area contributed by atoms with Crippen LogP contribution in [-0.4, -0.2) is 16.6 Å². The molecule has 3 nitrogen and oxygen atoms in total. The van der Waals surface area contributed by atoms with E-state index in [-0.39, 0.29) is 34.8 Å². The Morgan fingerprint density at radius 2 is 1.45 bits per heavy atom. The molecule has 0 saturated heterocycles. The number of aliphatic hydroxyl groups excluding tert-OH is 1. The Morgan fingerprint density at radius 3 is 1.90 bits per heavy atom. The van der Waals surface area contributed by atoms with E-state index in [0.29, 0.717) is 17.8 Å². The van der Waals surface area contributed by atoms with Gasteiger partial charge >= 0.3 is 18.5 Å². The van der Waals surface area contributed by atoms with Crippen molar-refractivity contribution < 1.29 is 44.6 Å². The lowest BCUT2D eigenvalue weighted by molar-refractivity contribution is -0.143. The minimum Gasteiger partial charge on any atom is -0.388 e. The van der Waals surface area contributed by atoms with Gasteiger partial charge in [0, 0.05) is 21.5 Å². The Kier molecular flexibility index (Phi) is 7.63. The maximum absolute atomic E-state index is 13.2. The largest absolute Gasteiger partial charge is 0.419 e. The van der Waals surface area contributed by atoms with Crippen LogP contribution in [0.15, 0.2) is 18.2 Å². The third kappa shape index (κ3) is 6.51. The molecule has 31 heavy (non-hydrogen) atoms. The van der Waals surface area contributed by atoms with Crippen molar-refractivity contribution in [2.24, 2.45) is 0 Å². The number of aliphatic hydroxyl groups is 1. The summed E-state index contributed by atoms with van der Waals surface area (Å²) < 4.78 is 117. The van der Waals surface area contributed by atoms with Gasteiger partial charge in [-0.25, -0.2) is 0 Å². The number of aryl methyl sites for hydroxylation is 1. The molecule has 1 heterocycles. The molecule has 1 atom stereocenters. The molecule has 0 aliphatic carbocycles. The molecule has 2 aromatic rings. The van der Waals surface area contributed by atoms with Crippen molar-refractivity contribution in [3.8, 4) is 0 Å². The summed E-state index contributed by atoms with van der Waals surface area (Å²) in [6, 6.07) is 0.777. The molecule has 3 N–H and O–H groups in total. The molecule has 0 aliphatic rings. The second-order valence-corrected chi connectivity index (χ2v) is 7.81. The van der Waals surface area contributed by atoms with Crippen LogP contribution in [0.1, 0.15) is 46.2 Å². The molecule has 0 aliphatic heterocycles. The Labute approximate surface area is 184 Å². The second kappa shape index (κ2) is 9.17. The highest BCUT2D eigenvalue weighted by molar-refractivity contribution is 14.1. The number of benzene rings is 1. The summed E-state index contributed by atoms with van der Waals surface area (Å²) in [5, 5.41) is 12.7. The SMILES string of the molecule is Cc1[nH]c(CNCCC(O)c2cc(C(F)(F)F)cc(C(F)(F)F)c2)c(C(F)(F)F)c1I. The zero-order chi connectivity index (χ0) is 23.8. The van der Waals surface area contributed by atoms with Crippen molar-refractivity contribution in [3.05, 3.63) is 55.4 Å². The molecule has 2 rings (SSSR count). The summed E-state index contributed by atoms with van der Waals surface area (Å²) in [4.78, 5) is 2.58. The number of rotatable bonds is 6. The van der Waals surface area contributed by atoms with Crippen LogP contribution in [0.5, 0.6) is 0 Å². The summed E-state index contributed by atoms with van der Waals surface area (Å²) in [5.74, 6) is 0. The van der Waals surface area contributed by atoms with Crippen molar-refractivity contribution in [2.75, 3.05) is 6.54 Å². The van der Waals surface area contributed by atoms with Gasteiger partial charge in [-0.05, 0) is 66.2 Å². The van der Waals surface area contributed by atoms with E-state index < -0.39 is 46.9 Å². The van der Waals surface area contributed by atoms with Gasteiger partial charge in [-0.3, -0.25) is 0 Å². The fraction of sp³-hybridized carbons (Fsp3) is 0.444. The maximum Gasteiger partial charge on any atom is 0.419 e. The van der Waals surface area contributed by atoms with Gasteiger partial charge in [0.15, 0.2) is 0 Å². The summed E-state index contributed by atoms with van der Waals surface area (Å²) in [6.45, 7) is 1.00. The highest BCUT2D eigenvalue weighted by Crippen LogP contribution is 2.38. The quantitative estimate of drug-likeness (QED) is 0.219. The van der Waals surface area contributed by atoms with E-state index in [1.165, 1.54) is 6.92 Å². The number of aromatic amines is 1. The van der Waals surface area contributed by atoms with Gasteiger partial charge in [0.1, 0.15) is 0 Å². The number of nitrogens with one attached hydrogen (secondary N) is 2. The van der Waals surface area contributed by atoms with E-state index >= 15 is 0 Å². The first kappa shape index (κ1) is 25.8. The first-order valence-electron chi connectivity index (χ1n) is 8.64. The smallest absolute Gasteiger partial charge is 0.388 e. The lowest BCUT2D eigenvalue weighted by Crippen LogP contribution is -2.20. The molecular weight excluding hydrogens is 558 g/mol. The van der Waals surface area contributed by atoms with E-state index in [1.54, 1.807) is 22.6 Å². The highest BCUT2D eigenvalue weighted by atomic mass is 127. The predicted octanol–water partition coefficient (Wildman–Crippen LogP) is 6.20. The molecule has 0 saturated carbocycles. The van der Waals surface area contributed by atoms with Crippen LogP contribution in [0.25, 0.3) is 0 Å². The molecule has 1 aromatic heterocycles. The van der Waals surface area contributed by atoms with Gasteiger partial charge in [0.05, 0.1) is 22.8 Å². The lowest BCUT2D eigenvalue weighted by atomic mass is 9.99. The van der Waals surface area contributed by atoms with E-state index in [2.05, 4.69) is 10.3 Å². The number of hydrogen-bond acceptors (Lipinski definition) is 2. The molecule has 1 aromatic carbocycles. The molecule has 13 heteroatoms. The Balaban J connectivity index is 2.11. The van der Waals surface area contributed by atoms with Crippen LogP contribution in [0.3, 0.4) is 0 Å². The fourth-order valence-electron chi connectivity index (χ4n) is 2.88. The van der Waals surface area contributed by atoms with Crippen molar-refractivity contribution in [1.82, 2.24) is 10.3 Å². The number of aromatic nitrogens is 1. The van der Waals surface area contributed by atoms with E-state index in [4.69, 9.17) is 0 Å². The number of alkyl halides is 9. The molecule has 0 spiro atoms. The summed E-state index contributed by atoms with van der Waals surface area (Å²) in [7, 11) is 0. The van der Waals surface area contributed by atoms with Gasteiger partial charge in [0.25, 0.3) is 0 Å². The van der Waals surface area contributed by atoms with Crippen LogP contribution < -0.4 is 5.32 Å². The third-order valence-corrected chi connectivity index (χ3v) is 5.71. The standard InChI is InChI=1S/C18H16F9IN2O/c1-8-15(28)14(18(25,26)27)12(30-8)7-29-3-2-13(31)9-4-10(16(19,20)21)6-11(5-9)17(22,23)24/h4-6,13,29-31H,2-3,7H2,1H3. The Bertz CT molecular complexity index is 884. The Hall–Kier alpha value is -1.48. The molecule has 1 unspecified atom stereocenters. The second-order valence-electron chi connectivity index (χ2n) is 6.74. The van der Waals surface area contributed by atoms with Gasteiger partial charge < -0.3 is 15.4 Å². The lowest BCUT2D eigenvalue weighted by Gasteiger charge is -2.17. The van der Waals surface area contributed by atoms with Crippen LogP contribution in [0, 0.1) is 10.5 Å². The molecule has 174 valence electrons. The monoisotopic (exact) mass is 574 g/mol. The first-order valence-corrected chi connectivity index (χ1v) is 9.72. The van der Waals surface area contributed by atoms with Crippen LogP contribution >= 0.6 is 22.6 Å². The van der Waals surface area contributed by atoms with E-state index in [9.17, 15) is 44.6 Å². The Morgan fingerprint density at radius 1 is 0.935 bits per heavy atom. The molecule has 0 fully saturated rings. The van der Waals surface area contributed by atoms with Crippen molar-refractivity contribution in [3.63, 3.8) is 0 Å².